The number of benzene rings is 1. The molecule has 1 aromatic carbocycles. The van der Waals surface area contributed by atoms with Gasteiger partial charge in [-0.2, -0.15) is 0 Å². The molecule has 0 spiro atoms. The van der Waals surface area contributed by atoms with Crippen molar-refractivity contribution in [2.45, 2.75) is 32.7 Å². The smallest absolute Gasteiger partial charge is 0.0439 e. The van der Waals surface area contributed by atoms with Crippen LogP contribution in [-0.2, 0) is 0 Å². The molecule has 0 bridgehead atoms. The van der Waals surface area contributed by atoms with Crippen LogP contribution >= 0.6 is 0 Å². The van der Waals surface area contributed by atoms with Crippen LogP contribution in [0.3, 0.4) is 0 Å². The molecular weight excluding hydrogens is 234 g/mol. The summed E-state index contributed by atoms with van der Waals surface area (Å²) < 4.78 is 0. The third kappa shape index (κ3) is 2.14. The van der Waals surface area contributed by atoms with Gasteiger partial charge in [0.05, 0.1) is 0 Å². The number of nitrogens with zero attached hydrogens (tertiary/aromatic N) is 1. The predicted molar refractivity (Wildman–Crippen MR) is 81.1 cm³/mol. The normalized spacial score (nSPS) is 26.7. The fourth-order valence-electron chi connectivity index (χ4n) is 3.11. The van der Waals surface area contributed by atoms with Crippen molar-refractivity contribution in [3.05, 3.63) is 30.6 Å². The first kappa shape index (κ1) is 12.3. The highest BCUT2D eigenvalue weighted by atomic mass is 14.9. The van der Waals surface area contributed by atoms with Gasteiger partial charge in [-0.1, -0.05) is 13.8 Å². The quantitative estimate of drug-likeness (QED) is 0.805. The van der Waals surface area contributed by atoms with Crippen LogP contribution < -0.4 is 11.1 Å². The molecule has 0 aliphatic heterocycles. The highest BCUT2D eigenvalue weighted by Gasteiger charge is 2.29. The molecule has 1 aliphatic rings. The number of anilines is 2. The number of hydrogen-bond donors (Lipinski definition) is 2. The van der Waals surface area contributed by atoms with Crippen molar-refractivity contribution in [1.82, 2.24) is 4.98 Å². The molecule has 3 atom stereocenters. The predicted octanol–water partition coefficient (Wildman–Crippen LogP) is 3.66. The molecule has 19 heavy (non-hydrogen) atoms. The van der Waals surface area contributed by atoms with Gasteiger partial charge in [-0.15, -0.1) is 0 Å². The summed E-state index contributed by atoms with van der Waals surface area (Å²) in [4.78, 5) is 4.23. The zero-order valence-corrected chi connectivity index (χ0v) is 11.6. The highest BCUT2D eigenvalue weighted by Crippen LogP contribution is 2.35. The fraction of sp³-hybridized carbons (Fsp3) is 0.438. The molecule has 1 fully saturated rings. The molecule has 3 nitrogen and oxygen atoms in total. The SMILES string of the molecule is CC1CCC(Nc2ccc(N)c3ccncc23)C1C. The van der Waals surface area contributed by atoms with E-state index in [0.29, 0.717) is 12.0 Å². The standard InChI is InChI=1S/C16H21N3/c1-10-3-5-15(11(10)2)19-16-6-4-14(17)12-7-8-18-9-13(12)16/h4,6-11,15,19H,3,5,17H2,1-2H3. The van der Waals surface area contributed by atoms with Gasteiger partial charge in [-0.05, 0) is 42.9 Å². The van der Waals surface area contributed by atoms with Crippen LogP contribution in [-0.4, -0.2) is 11.0 Å². The van der Waals surface area contributed by atoms with E-state index in [0.717, 1.165) is 28.1 Å². The zero-order chi connectivity index (χ0) is 13.4. The Kier molecular flexibility index (Phi) is 3.05. The zero-order valence-electron chi connectivity index (χ0n) is 11.6. The molecule has 3 heteroatoms. The highest BCUT2D eigenvalue weighted by molar-refractivity contribution is 6.00. The van der Waals surface area contributed by atoms with Crippen molar-refractivity contribution in [1.29, 1.82) is 0 Å². The summed E-state index contributed by atoms with van der Waals surface area (Å²) >= 11 is 0. The Morgan fingerprint density at radius 2 is 2.00 bits per heavy atom. The van der Waals surface area contributed by atoms with Crippen LogP contribution in [0, 0.1) is 11.8 Å². The van der Waals surface area contributed by atoms with E-state index in [9.17, 15) is 0 Å². The molecule has 3 rings (SSSR count). The van der Waals surface area contributed by atoms with Crippen LogP contribution in [0.1, 0.15) is 26.7 Å². The molecule has 1 heterocycles. The Morgan fingerprint density at radius 3 is 2.74 bits per heavy atom. The average molecular weight is 255 g/mol. The van der Waals surface area contributed by atoms with Gasteiger partial charge in [0.15, 0.2) is 0 Å². The summed E-state index contributed by atoms with van der Waals surface area (Å²) in [5.74, 6) is 1.51. The minimum atomic E-state index is 0.557. The number of fused-ring (bicyclic) bond motifs is 1. The molecule has 0 amide bonds. The molecule has 0 radical (unpaired) electrons. The van der Waals surface area contributed by atoms with Gasteiger partial charge in [-0.25, -0.2) is 0 Å². The van der Waals surface area contributed by atoms with Gasteiger partial charge in [-0.3, -0.25) is 4.98 Å². The summed E-state index contributed by atoms with van der Waals surface area (Å²) in [7, 11) is 0. The maximum Gasteiger partial charge on any atom is 0.0439 e. The Labute approximate surface area is 114 Å². The van der Waals surface area contributed by atoms with Crippen molar-refractivity contribution in [3.63, 3.8) is 0 Å². The van der Waals surface area contributed by atoms with E-state index >= 15 is 0 Å². The lowest BCUT2D eigenvalue weighted by Gasteiger charge is -2.22. The van der Waals surface area contributed by atoms with Gasteiger partial charge in [0, 0.05) is 40.6 Å². The van der Waals surface area contributed by atoms with Crippen LogP contribution in [0.25, 0.3) is 10.8 Å². The molecule has 1 saturated carbocycles. The number of aromatic nitrogens is 1. The van der Waals surface area contributed by atoms with Gasteiger partial charge < -0.3 is 11.1 Å². The lowest BCUT2D eigenvalue weighted by atomic mass is 9.97. The van der Waals surface area contributed by atoms with Crippen molar-refractivity contribution in [2.24, 2.45) is 11.8 Å². The van der Waals surface area contributed by atoms with E-state index in [1.807, 2.05) is 18.3 Å². The summed E-state index contributed by atoms with van der Waals surface area (Å²) in [6, 6.07) is 6.60. The number of pyridine rings is 1. The van der Waals surface area contributed by atoms with E-state index in [1.165, 1.54) is 12.8 Å². The van der Waals surface area contributed by atoms with Crippen LogP contribution in [0.4, 0.5) is 11.4 Å². The van der Waals surface area contributed by atoms with Gasteiger partial charge in [0.1, 0.15) is 0 Å². The molecule has 3 unspecified atom stereocenters. The first-order valence-electron chi connectivity index (χ1n) is 7.05. The van der Waals surface area contributed by atoms with Crippen LogP contribution in [0.5, 0.6) is 0 Å². The number of nitrogens with one attached hydrogen (secondary N) is 1. The monoisotopic (exact) mass is 255 g/mol. The first-order valence-corrected chi connectivity index (χ1v) is 7.05. The van der Waals surface area contributed by atoms with Crippen molar-refractivity contribution >= 4 is 22.1 Å². The number of nitrogens with two attached hydrogens (primary N) is 1. The summed E-state index contributed by atoms with van der Waals surface area (Å²) in [5, 5.41) is 5.90. The topological polar surface area (TPSA) is 50.9 Å². The van der Waals surface area contributed by atoms with E-state index in [4.69, 9.17) is 5.73 Å². The van der Waals surface area contributed by atoms with Gasteiger partial charge in [0.25, 0.3) is 0 Å². The molecule has 2 aromatic rings. The molecule has 3 N–H and O–H groups in total. The number of hydrogen-bond acceptors (Lipinski definition) is 3. The maximum atomic E-state index is 6.03. The second-order valence-corrected chi connectivity index (χ2v) is 5.79. The third-order valence-electron chi connectivity index (χ3n) is 4.66. The molecule has 100 valence electrons. The maximum absolute atomic E-state index is 6.03. The van der Waals surface area contributed by atoms with Crippen LogP contribution in [0.2, 0.25) is 0 Å². The van der Waals surface area contributed by atoms with E-state index in [2.05, 4.69) is 30.2 Å². The first-order chi connectivity index (χ1) is 9.16. The Hall–Kier alpha value is -1.77. The molecule has 1 aliphatic carbocycles. The van der Waals surface area contributed by atoms with E-state index in [1.54, 1.807) is 6.20 Å². The van der Waals surface area contributed by atoms with E-state index < -0.39 is 0 Å². The molecule has 1 aromatic heterocycles. The third-order valence-corrected chi connectivity index (χ3v) is 4.66. The summed E-state index contributed by atoms with van der Waals surface area (Å²) in [6.07, 6.45) is 6.25. The largest absolute Gasteiger partial charge is 0.398 e. The Morgan fingerprint density at radius 1 is 1.16 bits per heavy atom. The average Bonchev–Trinajstić information content (AvgIpc) is 2.74. The second-order valence-electron chi connectivity index (χ2n) is 5.79. The Bertz CT molecular complexity index is 594. The van der Waals surface area contributed by atoms with Crippen LogP contribution in [0.15, 0.2) is 30.6 Å². The second kappa shape index (κ2) is 4.72. The minimum absolute atomic E-state index is 0.557. The Balaban J connectivity index is 1.96. The minimum Gasteiger partial charge on any atom is -0.398 e. The van der Waals surface area contributed by atoms with Crippen molar-refractivity contribution < 1.29 is 0 Å². The van der Waals surface area contributed by atoms with E-state index in [-0.39, 0.29) is 0 Å². The van der Waals surface area contributed by atoms with Gasteiger partial charge >= 0.3 is 0 Å². The lowest BCUT2D eigenvalue weighted by Crippen LogP contribution is -2.24. The van der Waals surface area contributed by atoms with Crippen molar-refractivity contribution in [2.75, 3.05) is 11.1 Å². The summed E-state index contributed by atoms with van der Waals surface area (Å²) in [5.41, 5.74) is 8.00. The molecule has 0 saturated heterocycles. The number of rotatable bonds is 2. The summed E-state index contributed by atoms with van der Waals surface area (Å²) in [6.45, 7) is 4.68. The lowest BCUT2D eigenvalue weighted by molar-refractivity contribution is 0.435. The van der Waals surface area contributed by atoms with Gasteiger partial charge in [0.2, 0.25) is 0 Å². The fourth-order valence-corrected chi connectivity index (χ4v) is 3.11. The number of nitrogen functional groups attached to an aromatic ring is 1. The molecular formula is C16H21N3. The van der Waals surface area contributed by atoms with Crippen molar-refractivity contribution in [3.8, 4) is 0 Å².